The quantitative estimate of drug-likeness (QED) is 0.556. The maximum Gasteiger partial charge on any atom is 0.329 e. The molecular formula is C13H26O4. The highest BCUT2D eigenvalue weighted by molar-refractivity contribution is 5.80. The van der Waals surface area contributed by atoms with Gasteiger partial charge in [-0.1, -0.05) is 33.3 Å². The standard InChI is InChI=1S/C9H20O2.C4H6O2/c1-4-6-7-9(11,5-2)8(3)10;1-3-4(5)6-2/h8,10-11H,4-7H2,1-3H3;3H,1H2,2H3. The number of aliphatic hydroxyl groups excluding tert-OH is 1. The summed E-state index contributed by atoms with van der Waals surface area (Å²) in [5, 5.41) is 19.0. The lowest BCUT2D eigenvalue weighted by atomic mass is 9.89. The Labute approximate surface area is 104 Å². The van der Waals surface area contributed by atoms with Crippen molar-refractivity contribution >= 4 is 5.97 Å². The van der Waals surface area contributed by atoms with Gasteiger partial charge in [-0.25, -0.2) is 4.79 Å². The van der Waals surface area contributed by atoms with Crippen molar-refractivity contribution in [2.75, 3.05) is 7.11 Å². The molecule has 2 N–H and O–H groups in total. The molecule has 0 aliphatic carbocycles. The van der Waals surface area contributed by atoms with Crippen molar-refractivity contribution in [3.05, 3.63) is 12.7 Å². The van der Waals surface area contributed by atoms with Crippen molar-refractivity contribution in [3.8, 4) is 0 Å². The van der Waals surface area contributed by atoms with Crippen LogP contribution < -0.4 is 0 Å². The average Bonchev–Trinajstić information content (AvgIpc) is 2.35. The fourth-order valence-corrected chi connectivity index (χ4v) is 1.25. The Balaban J connectivity index is 0. The van der Waals surface area contributed by atoms with Crippen LogP contribution in [0, 0.1) is 0 Å². The number of esters is 1. The molecule has 17 heavy (non-hydrogen) atoms. The topological polar surface area (TPSA) is 66.8 Å². The maximum absolute atomic E-state index is 9.84. The zero-order valence-electron chi connectivity index (χ0n) is 11.4. The van der Waals surface area contributed by atoms with Gasteiger partial charge < -0.3 is 14.9 Å². The van der Waals surface area contributed by atoms with Crippen LogP contribution in [0.2, 0.25) is 0 Å². The summed E-state index contributed by atoms with van der Waals surface area (Å²) in [5.41, 5.74) is -0.851. The molecule has 0 aromatic rings. The monoisotopic (exact) mass is 246 g/mol. The van der Waals surface area contributed by atoms with E-state index in [9.17, 15) is 15.0 Å². The molecule has 0 heterocycles. The highest BCUT2D eigenvalue weighted by Crippen LogP contribution is 2.22. The largest absolute Gasteiger partial charge is 0.466 e. The van der Waals surface area contributed by atoms with Gasteiger partial charge in [0.2, 0.25) is 0 Å². The van der Waals surface area contributed by atoms with Gasteiger partial charge in [0.15, 0.2) is 0 Å². The molecule has 0 radical (unpaired) electrons. The van der Waals surface area contributed by atoms with Crippen molar-refractivity contribution in [2.45, 2.75) is 58.2 Å². The number of carbonyl (C=O) groups excluding carboxylic acids is 1. The number of methoxy groups -OCH3 is 1. The lowest BCUT2D eigenvalue weighted by molar-refractivity contribution is -0.134. The molecule has 2 unspecified atom stereocenters. The van der Waals surface area contributed by atoms with E-state index in [1.165, 1.54) is 7.11 Å². The molecule has 0 aliphatic heterocycles. The Kier molecular flexibility index (Phi) is 11.2. The lowest BCUT2D eigenvalue weighted by Crippen LogP contribution is -2.39. The summed E-state index contributed by atoms with van der Waals surface area (Å²) in [6.07, 6.45) is 3.88. The summed E-state index contributed by atoms with van der Waals surface area (Å²) in [6.45, 7) is 8.80. The second-order valence-electron chi connectivity index (χ2n) is 3.96. The van der Waals surface area contributed by atoms with Crippen LogP contribution in [0.5, 0.6) is 0 Å². The van der Waals surface area contributed by atoms with E-state index >= 15 is 0 Å². The van der Waals surface area contributed by atoms with Crippen LogP contribution in [0.3, 0.4) is 0 Å². The first kappa shape index (κ1) is 18.5. The second-order valence-corrected chi connectivity index (χ2v) is 3.96. The molecule has 0 aromatic heterocycles. The van der Waals surface area contributed by atoms with E-state index in [0.717, 1.165) is 18.9 Å². The van der Waals surface area contributed by atoms with Crippen molar-refractivity contribution < 1.29 is 19.7 Å². The summed E-state index contributed by atoms with van der Waals surface area (Å²) in [5.74, 6) is -0.394. The Bertz CT molecular complexity index is 213. The first-order valence-electron chi connectivity index (χ1n) is 5.98. The third-order valence-electron chi connectivity index (χ3n) is 2.72. The van der Waals surface area contributed by atoms with Crippen LogP contribution in [0.25, 0.3) is 0 Å². The van der Waals surface area contributed by atoms with Gasteiger partial charge in [0.1, 0.15) is 0 Å². The summed E-state index contributed by atoms with van der Waals surface area (Å²) < 4.78 is 4.14. The highest BCUT2D eigenvalue weighted by atomic mass is 16.5. The van der Waals surface area contributed by atoms with Crippen molar-refractivity contribution in [1.82, 2.24) is 0 Å². The number of hydrogen-bond donors (Lipinski definition) is 2. The fourth-order valence-electron chi connectivity index (χ4n) is 1.25. The van der Waals surface area contributed by atoms with Gasteiger partial charge in [0.25, 0.3) is 0 Å². The number of ether oxygens (including phenoxy) is 1. The SMILES string of the molecule is C=CC(=O)OC.CCCCC(O)(CC)C(C)O. The predicted octanol–water partition coefficient (Wildman–Crippen LogP) is 2.04. The third kappa shape index (κ3) is 8.89. The molecule has 0 saturated carbocycles. The van der Waals surface area contributed by atoms with Gasteiger partial charge in [0, 0.05) is 6.08 Å². The molecule has 4 heteroatoms. The maximum atomic E-state index is 9.84. The minimum atomic E-state index is -0.851. The molecule has 0 fully saturated rings. The first-order chi connectivity index (χ1) is 7.87. The Morgan fingerprint density at radius 1 is 1.53 bits per heavy atom. The molecule has 0 aliphatic rings. The van der Waals surface area contributed by atoms with E-state index in [1.54, 1.807) is 6.92 Å². The Hall–Kier alpha value is -0.870. The van der Waals surface area contributed by atoms with Crippen LogP contribution in [0.1, 0.15) is 46.5 Å². The molecule has 0 bridgehead atoms. The van der Waals surface area contributed by atoms with Crippen molar-refractivity contribution in [2.24, 2.45) is 0 Å². The summed E-state index contributed by atoms with van der Waals surface area (Å²) in [6, 6.07) is 0. The van der Waals surface area contributed by atoms with Crippen molar-refractivity contribution in [3.63, 3.8) is 0 Å². The minimum absolute atomic E-state index is 0.394. The molecule has 0 spiro atoms. The van der Waals surface area contributed by atoms with Gasteiger partial charge in [-0.15, -0.1) is 0 Å². The molecular weight excluding hydrogens is 220 g/mol. The first-order valence-corrected chi connectivity index (χ1v) is 5.98. The third-order valence-corrected chi connectivity index (χ3v) is 2.72. The van der Waals surface area contributed by atoms with Crippen LogP contribution in [0.15, 0.2) is 12.7 Å². The van der Waals surface area contributed by atoms with Crippen LogP contribution in [0.4, 0.5) is 0 Å². The van der Waals surface area contributed by atoms with E-state index in [0.29, 0.717) is 12.8 Å². The normalized spacial score (nSPS) is 14.9. The number of rotatable bonds is 6. The van der Waals surface area contributed by atoms with E-state index in [-0.39, 0.29) is 0 Å². The molecule has 0 rings (SSSR count). The van der Waals surface area contributed by atoms with Gasteiger partial charge in [0.05, 0.1) is 18.8 Å². The van der Waals surface area contributed by atoms with Gasteiger partial charge in [-0.2, -0.15) is 0 Å². The number of aliphatic hydroxyl groups is 2. The minimum Gasteiger partial charge on any atom is -0.466 e. The second kappa shape index (κ2) is 10.3. The smallest absolute Gasteiger partial charge is 0.329 e. The van der Waals surface area contributed by atoms with Crippen molar-refractivity contribution in [1.29, 1.82) is 0 Å². The number of hydrogen-bond acceptors (Lipinski definition) is 4. The van der Waals surface area contributed by atoms with E-state index in [2.05, 4.69) is 18.2 Å². The van der Waals surface area contributed by atoms with Crippen LogP contribution >= 0.6 is 0 Å². The molecule has 102 valence electrons. The zero-order valence-corrected chi connectivity index (χ0v) is 11.4. The van der Waals surface area contributed by atoms with Crippen LogP contribution in [-0.4, -0.2) is 35.0 Å². The van der Waals surface area contributed by atoms with Gasteiger partial charge >= 0.3 is 5.97 Å². The van der Waals surface area contributed by atoms with Gasteiger partial charge in [-0.05, 0) is 19.8 Å². The molecule has 0 saturated heterocycles. The average molecular weight is 246 g/mol. The van der Waals surface area contributed by atoms with E-state index in [1.807, 2.05) is 6.92 Å². The molecule has 4 nitrogen and oxygen atoms in total. The predicted molar refractivity (Wildman–Crippen MR) is 68.7 cm³/mol. The van der Waals surface area contributed by atoms with E-state index < -0.39 is 17.7 Å². The lowest BCUT2D eigenvalue weighted by Gasteiger charge is -2.29. The Morgan fingerprint density at radius 2 is 2.06 bits per heavy atom. The molecule has 2 atom stereocenters. The number of unbranched alkanes of at least 4 members (excludes halogenated alkanes) is 1. The summed E-state index contributed by atoms with van der Waals surface area (Å²) >= 11 is 0. The molecule has 0 aromatic carbocycles. The fraction of sp³-hybridized carbons (Fsp3) is 0.769. The van der Waals surface area contributed by atoms with E-state index in [4.69, 9.17) is 0 Å². The highest BCUT2D eigenvalue weighted by Gasteiger charge is 2.29. The summed E-state index contributed by atoms with van der Waals surface area (Å²) in [4.78, 5) is 9.84. The zero-order chi connectivity index (χ0) is 13.9. The molecule has 0 amide bonds. The number of carbonyl (C=O) groups is 1. The van der Waals surface area contributed by atoms with Gasteiger partial charge in [-0.3, -0.25) is 0 Å². The van der Waals surface area contributed by atoms with Crippen LogP contribution in [-0.2, 0) is 9.53 Å². The summed E-state index contributed by atoms with van der Waals surface area (Å²) in [7, 11) is 1.31. The Morgan fingerprint density at radius 3 is 2.24 bits per heavy atom.